The first-order chi connectivity index (χ1) is 9.08. The molecule has 0 aliphatic rings. The fourth-order valence-electron chi connectivity index (χ4n) is 1.89. The van der Waals surface area contributed by atoms with Gasteiger partial charge in [-0.15, -0.1) is 11.6 Å². The largest absolute Gasteiger partial charge is 0.383 e. The second kappa shape index (κ2) is 8.18. The Morgan fingerprint density at radius 1 is 1.42 bits per heavy atom. The van der Waals surface area contributed by atoms with Gasteiger partial charge in [-0.25, -0.2) is 0 Å². The first kappa shape index (κ1) is 16.0. The average Bonchev–Trinajstić information content (AvgIpc) is 2.42. The average molecular weight is 284 g/mol. The van der Waals surface area contributed by atoms with Crippen molar-refractivity contribution in [2.45, 2.75) is 19.7 Å². The molecular formula is C15H22ClNO2. The summed E-state index contributed by atoms with van der Waals surface area (Å²) in [7, 11) is 1.64. The van der Waals surface area contributed by atoms with Crippen molar-refractivity contribution in [2.75, 3.05) is 26.8 Å². The quantitative estimate of drug-likeness (QED) is 0.720. The van der Waals surface area contributed by atoms with E-state index in [2.05, 4.69) is 13.8 Å². The fourth-order valence-corrected chi connectivity index (χ4v) is 2.05. The zero-order chi connectivity index (χ0) is 14.3. The lowest BCUT2D eigenvalue weighted by Crippen LogP contribution is -2.36. The highest BCUT2D eigenvalue weighted by atomic mass is 35.5. The van der Waals surface area contributed by atoms with Crippen LogP contribution in [0.5, 0.6) is 0 Å². The van der Waals surface area contributed by atoms with Crippen molar-refractivity contribution in [3.05, 3.63) is 35.4 Å². The van der Waals surface area contributed by atoms with Crippen LogP contribution in [-0.4, -0.2) is 37.6 Å². The summed E-state index contributed by atoms with van der Waals surface area (Å²) in [6.45, 7) is 6.09. The number of rotatable bonds is 7. The highest BCUT2D eigenvalue weighted by Crippen LogP contribution is 2.12. The first-order valence-electron chi connectivity index (χ1n) is 6.51. The van der Waals surface area contributed by atoms with Crippen LogP contribution in [0.1, 0.15) is 29.8 Å². The van der Waals surface area contributed by atoms with E-state index in [0.29, 0.717) is 30.5 Å². The third-order valence-electron chi connectivity index (χ3n) is 2.77. The Balaban J connectivity index is 2.84. The molecule has 3 nitrogen and oxygen atoms in total. The van der Waals surface area contributed by atoms with Crippen LogP contribution < -0.4 is 0 Å². The van der Waals surface area contributed by atoms with E-state index in [0.717, 1.165) is 12.1 Å². The number of alkyl halides is 1. The lowest BCUT2D eigenvalue weighted by Gasteiger charge is -2.24. The molecule has 1 rings (SSSR count). The molecule has 0 heterocycles. The summed E-state index contributed by atoms with van der Waals surface area (Å²) in [5.74, 6) is 0.887. The SMILES string of the molecule is COCCN(CC(C)C)C(=O)c1cccc(CCl)c1. The first-order valence-corrected chi connectivity index (χ1v) is 7.05. The highest BCUT2D eigenvalue weighted by molar-refractivity contribution is 6.17. The number of halogens is 1. The van der Waals surface area contributed by atoms with Crippen molar-refractivity contribution in [3.8, 4) is 0 Å². The van der Waals surface area contributed by atoms with E-state index in [9.17, 15) is 4.79 Å². The maximum absolute atomic E-state index is 12.5. The minimum atomic E-state index is 0.0396. The molecule has 0 spiro atoms. The van der Waals surface area contributed by atoms with E-state index in [1.165, 1.54) is 0 Å². The molecule has 0 aliphatic heterocycles. The number of hydrogen-bond acceptors (Lipinski definition) is 2. The Labute approximate surface area is 120 Å². The molecule has 1 aromatic rings. The zero-order valence-electron chi connectivity index (χ0n) is 11.9. The maximum atomic E-state index is 12.5. The van der Waals surface area contributed by atoms with Gasteiger partial charge < -0.3 is 9.64 Å². The third kappa shape index (κ3) is 5.21. The predicted molar refractivity (Wildman–Crippen MR) is 78.6 cm³/mol. The van der Waals surface area contributed by atoms with Crippen molar-refractivity contribution >= 4 is 17.5 Å². The van der Waals surface area contributed by atoms with Gasteiger partial charge in [0, 0.05) is 31.6 Å². The molecule has 0 bridgehead atoms. The van der Waals surface area contributed by atoms with E-state index in [1.54, 1.807) is 7.11 Å². The van der Waals surface area contributed by atoms with Gasteiger partial charge in [0.25, 0.3) is 5.91 Å². The monoisotopic (exact) mass is 283 g/mol. The summed E-state index contributed by atoms with van der Waals surface area (Å²) in [6, 6.07) is 7.48. The summed E-state index contributed by atoms with van der Waals surface area (Å²) in [4.78, 5) is 14.3. The molecular weight excluding hydrogens is 262 g/mol. The molecule has 0 saturated heterocycles. The number of methoxy groups -OCH3 is 1. The van der Waals surface area contributed by atoms with E-state index >= 15 is 0 Å². The van der Waals surface area contributed by atoms with E-state index in [4.69, 9.17) is 16.3 Å². The standard InChI is InChI=1S/C15H22ClNO2/c1-12(2)11-17(7-8-19-3)15(18)14-6-4-5-13(9-14)10-16/h4-6,9,12H,7-8,10-11H2,1-3H3. The number of benzene rings is 1. The maximum Gasteiger partial charge on any atom is 0.253 e. The van der Waals surface area contributed by atoms with Gasteiger partial charge in [-0.1, -0.05) is 26.0 Å². The summed E-state index contributed by atoms with van der Waals surface area (Å²) in [6.07, 6.45) is 0. The number of ether oxygens (including phenoxy) is 1. The predicted octanol–water partition coefficient (Wildman–Crippen LogP) is 3.17. The Morgan fingerprint density at radius 3 is 2.74 bits per heavy atom. The number of nitrogens with zero attached hydrogens (tertiary/aromatic N) is 1. The normalized spacial score (nSPS) is 10.8. The van der Waals surface area contributed by atoms with Crippen LogP contribution in [0.2, 0.25) is 0 Å². The van der Waals surface area contributed by atoms with Crippen LogP contribution >= 0.6 is 11.6 Å². The molecule has 0 aromatic heterocycles. The molecule has 4 heteroatoms. The van der Waals surface area contributed by atoms with Crippen molar-refractivity contribution in [3.63, 3.8) is 0 Å². The van der Waals surface area contributed by atoms with Gasteiger partial charge in [-0.05, 0) is 23.6 Å². The topological polar surface area (TPSA) is 29.5 Å². The van der Waals surface area contributed by atoms with Crippen molar-refractivity contribution in [1.82, 2.24) is 4.90 Å². The second-order valence-electron chi connectivity index (χ2n) is 4.97. The van der Waals surface area contributed by atoms with Crippen LogP contribution in [-0.2, 0) is 10.6 Å². The van der Waals surface area contributed by atoms with Crippen molar-refractivity contribution in [1.29, 1.82) is 0 Å². The van der Waals surface area contributed by atoms with Gasteiger partial charge in [0.1, 0.15) is 0 Å². The second-order valence-corrected chi connectivity index (χ2v) is 5.24. The molecule has 0 saturated carbocycles. The molecule has 1 aromatic carbocycles. The smallest absolute Gasteiger partial charge is 0.253 e. The minimum absolute atomic E-state index is 0.0396. The minimum Gasteiger partial charge on any atom is -0.383 e. The van der Waals surface area contributed by atoms with Gasteiger partial charge in [-0.2, -0.15) is 0 Å². The van der Waals surface area contributed by atoms with Gasteiger partial charge in [-0.3, -0.25) is 4.79 Å². The summed E-state index contributed by atoms with van der Waals surface area (Å²) in [5.41, 5.74) is 1.65. The molecule has 0 unspecified atom stereocenters. The van der Waals surface area contributed by atoms with Crippen LogP contribution in [0.25, 0.3) is 0 Å². The Kier molecular flexibility index (Phi) is 6.89. The number of carbonyl (C=O) groups is 1. The molecule has 0 radical (unpaired) electrons. The Bertz CT molecular complexity index is 407. The highest BCUT2D eigenvalue weighted by Gasteiger charge is 2.16. The van der Waals surface area contributed by atoms with Gasteiger partial charge in [0.15, 0.2) is 0 Å². The lowest BCUT2D eigenvalue weighted by atomic mass is 10.1. The molecule has 106 valence electrons. The van der Waals surface area contributed by atoms with E-state index in [-0.39, 0.29) is 5.91 Å². The van der Waals surface area contributed by atoms with Crippen molar-refractivity contribution in [2.24, 2.45) is 5.92 Å². The van der Waals surface area contributed by atoms with Crippen LogP contribution in [0.3, 0.4) is 0 Å². The summed E-state index contributed by atoms with van der Waals surface area (Å²) in [5, 5.41) is 0. The molecule has 19 heavy (non-hydrogen) atoms. The van der Waals surface area contributed by atoms with Gasteiger partial charge in [0.05, 0.1) is 6.61 Å². The van der Waals surface area contributed by atoms with E-state index < -0.39 is 0 Å². The van der Waals surface area contributed by atoms with Gasteiger partial charge >= 0.3 is 0 Å². The third-order valence-corrected chi connectivity index (χ3v) is 3.07. The summed E-state index contributed by atoms with van der Waals surface area (Å²) >= 11 is 5.81. The number of amides is 1. The Hall–Kier alpha value is -1.06. The fraction of sp³-hybridized carbons (Fsp3) is 0.533. The molecule has 0 N–H and O–H groups in total. The molecule has 0 atom stereocenters. The van der Waals surface area contributed by atoms with Crippen LogP contribution in [0.15, 0.2) is 24.3 Å². The van der Waals surface area contributed by atoms with E-state index in [1.807, 2.05) is 29.2 Å². The zero-order valence-corrected chi connectivity index (χ0v) is 12.6. The van der Waals surface area contributed by atoms with Crippen molar-refractivity contribution < 1.29 is 9.53 Å². The molecule has 0 fully saturated rings. The number of carbonyl (C=O) groups excluding carboxylic acids is 1. The lowest BCUT2D eigenvalue weighted by molar-refractivity contribution is 0.0672. The van der Waals surface area contributed by atoms with Crippen LogP contribution in [0.4, 0.5) is 0 Å². The molecule has 0 aliphatic carbocycles. The van der Waals surface area contributed by atoms with Gasteiger partial charge in [0.2, 0.25) is 0 Å². The Morgan fingerprint density at radius 2 is 2.16 bits per heavy atom. The molecule has 1 amide bonds. The number of hydrogen-bond donors (Lipinski definition) is 0. The van der Waals surface area contributed by atoms with Crippen LogP contribution in [0, 0.1) is 5.92 Å². The summed E-state index contributed by atoms with van der Waals surface area (Å²) < 4.78 is 5.07.